The number of carbonyl (C=O) groups is 4. The number of primary amides is 1. The molecule has 8 heteroatoms. The van der Waals surface area contributed by atoms with Crippen LogP contribution in [0.3, 0.4) is 0 Å². The summed E-state index contributed by atoms with van der Waals surface area (Å²) in [5.41, 5.74) is 6.04. The highest BCUT2D eigenvalue weighted by atomic mass is 16.2. The Morgan fingerprint density at radius 2 is 1.75 bits per heavy atom. The number of benzene rings is 1. The van der Waals surface area contributed by atoms with Crippen molar-refractivity contribution in [2.75, 3.05) is 0 Å². The Kier molecular flexibility index (Phi) is 5.50. The maximum atomic E-state index is 12.8. The van der Waals surface area contributed by atoms with Gasteiger partial charge in [-0.15, -0.1) is 0 Å². The van der Waals surface area contributed by atoms with Gasteiger partial charge in [-0.2, -0.15) is 0 Å². The molecule has 0 bridgehead atoms. The van der Waals surface area contributed by atoms with E-state index in [2.05, 4.69) is 15.3 Å². The zero-order valence-electron chi connectivity index (χ0n) is 14.7. The summed E-state index contributed by atoms with van der Waals surface area (Å²) >= 11 is 0. The van der Waals surface area contributed by atoms with Crippen LogP contribution >= 0.6 is 0 Å². The van der Waals surface area contributed by atoms with Crippen molar-refractivity contribution in [3.8, 4) is 0 Å². The minimum atomic E-state index is -1.21. The van der Waals surface area contributed by atoms with Gasteiger partial charge in [0.2, 0.25) is 11.6 Å². The van der Waals surface area contributed by atoms with Gasteiger partial charge in [-0.05, 0) is 17.7 Å². The van der Waals surface area contributed by atoms with Crippen LogP contribution in [0.25, 0.3) is 5.70 Å². The third-order valence-corrected chi connectivity index (χ3v) is 4.08. The third-order valence-electron chi connectivity index (χ3n) is 4.08. The Bertz CT molecular complexity index is 997. The number of ketones is 2. The van der Waals surface area contributed by atoms with Crippen LogP contribution in [-0.4, -0.2) is 40.6 Å². The second-order valence-electron chi connectivity index (χ2n) is 6.01. The van der Waals surface area contributed by atoms with Crippen LogP contribution in [0.1, 0.15) is 11.3 Å². The van der Waals surface area contributed by atoms with E-state index in [9.17, 15) is 19.2 Å². The molecule has 1 aliphatic heterocycles. The number of carbonyl (C=O) groups excluding carboxylic acids is 4. The zero-order valence-corrected chi connectivity index (χ0v) is 14.7. The topological polar surface area (TPSA) is 132 Å². The number of pyridine rings is 1. The number of hydrogen-bond donors (Lipinski definition) is 2. The molecule has 1 atom stereocenters. The Balaban J connectivity index is 1.89. The maximum absolute atomic E-state index is 12.8. The summed E-state index contributed by atoms with van der Waals surface area (Å²) in [6, 6.07) is 12.6. The number of aromatic nitrogens is 1. The summed E-state index contributed by atoms with van der Waals surface area (Å²) in [5, 5.41) is 2.44. The number of nitrogens with one attached hydrogen (secondary N) is 1. The average molecular weight is 376 g/mol. The maximum Gasteiger partial charge on any atom is 0.287 e. The number of nitrogens with two attached hydrogens (primary N) is 1. The van der Waals surface area contributed by atoms with E-state index >= 15 is 0 Å². The molecule has 1 aliphatic rings. The van der Waals surface area contributed by atoms with E-state index in [4.69, 9.17) is 5.73 Å². The van der Waals surface area contributed by atoms with Crippen molar-refractivity contribution in [3.63, 3.8) is 0 Å². The molecule has 28 heavy (non-hydrogen) atoms. The molecule has 8 nitrogen and oxygen atoms in total. The normalized spacial score (nSPS) is 14.1. The minimum absolute atomic E-state index is 0.0512. The highest BCUT2D eigenvalue weighted by Gasteiger charge is 2.32. The summed E-state index contributed by atoms with van der Waals surface area (Å²) in [4.78, 5) is 56.6. The summed E-state index contributed by atoms with van der Waals surface area (Å²) in [6.45, 7) is 0. The first-order chi connectivity index (χ1) is 13.5. The van der Waals surface area contributed by atoms with Gasteiger partial charge in [0.1, 0.15) is 17.3 Å². The van der Waals surface area contributed by atoms with E-state index < -0.39 is 29.4 Å². The first-order valence-corrected chi connectivity index (χ1v) is 8.40. The van der Waals surface area contributed by atoms with Crippen LogP contribution in [0.5, 0.6) is 0 Å². The quantitative estimate of drug-likeness (QED) is 0.527. The van der Waals surface area contributed by atoms with Crippen molar-refractivity contribution in [3.05, 3.63) is 71.6 Å². The van der Waals surface area contributed by atoms with Crippen LogP contribution < -0.4 is 11.1 Å². The molecule has 140 valence electrons. The lowest BCUT2D eigenvalue weighted by Gasteiger charge is -2.17. The van der Waals surface area contributed by atoms with Gasteiger partial charge in [-0.25, -0.2) is 4.99 Å². The molecule has 1 aromatic carbocycles. The molecule has 2 heterocycles. The Hall–Kier alpha value is -3.94. The molecule has 1 aromatic heterocycles. The Labute approximate surface area is 160 Å². The molecule has 0 aliphatic carbocycles. The first-order valence-electron chi connectivity index (χ1n) is 8.40. The van der Waals surface area contributed by atoms with Gasteiger partial charge in [0.15, 0.2) is 0 Å². The molecular weight excluding hydrogens is 360 g/mol. The van der Waals surface area contributed by atoms with Crippen LogP contribution in [0.2, 0.25) is 0 Å². The van der Waals surface area contributed by atoms with Crippen molar-refractivity contribution < 1.29 is 19.2 Å². The minimum Gasteiger partial charge on any atom is -0.363 e. The lowest BCUT2D eigenvalue weighted by atomic mass is 10.0. The van der Waals surface area contributed by atoms with Gasteiger partial charge in [0.25, 0.3) is 11.8 Å². The molecule has 0 saturated heterocycles. The first kappa shape index (κ1) is 18.8. The Morgan fingerprint density at radius 3 is 2.39 bits per heavy atom. The van der Waals surface area contributed by atoms with Crippen molar-refractivity contribution in [2.24, 2.45) is 10.7 Å². The predicted octanol–water partition coefficient (Wildman–Crippen LogP) is 0.228. The van der Waals surface area contributed by atoms with Crippen molar-refractivity contribution in [1.29, 1.82) is 0 Å². The molecule has 0 radical (unpaired) electrons. The zero-order chi connectivity index (χ0) is 20.1. The molecule has 2 amide bonds. The van der Waals surface area contributed by atoms with Gasteiger partial charge in [-0.3, -0.25) is 24.2 Å². The average Bonchev–Trinajstić information content (AvgIpc) is 3.10. The van der Waals surface area contributed by atoms with E-state index in [0.29, 0.717) is 5.69 Å². The van der Waals surface area contributed by atoms with E-state index in [1.54, 1.807) is 48.5 Å². The lowest BCUT2D eigenvalue weighted by Crippen LogP contribution is -2.48. The fourth-order valence-electron chi connectivity index (χ4n) is 2.75. The fraction of sp³-hybridized carbons (Fsp3) is 0.100. The number of amides is 2. The number of rotatable bonds is 7. The van der Waals surface area contributed by atoms with E-state index in [1.807, 2.05) is 0 Å². The molecule has 3 rings (SSSR count). The summed E-state index contributed by atoms with van der Waals surface area (Å²) < 4.78 is 0. The van der Waals surface area contributed by atoms with Crippen LogP contribution in [0.15, 0.2) is 65.3 Å². The molecule has 3 N–H and O–H groups in total. The van der Waals surface area contributed by atoms with Crippen LogP contribution in [-0.2, 0) is 25.6 Å². The molecule has 2 aromatic rings. The highest BCUT2D eigenvalue weighted by Crippen LogP contribution is 2.23. The van der Waals surface area contributed by atoms with Crippen LogP contribution in [0, 0.1) is 0 Å². The van der Waals surface area contributed by atoms with Gasteiger partial charge in [0.05, 0.1) is 11.9 Å². The molecule has 1 unspecified atom stereocenters. The Morgan fingerprint density at radius 1 is 1.04 bits per heavy atom. The van der Waals surface area contributed by atoms with E-state index in [0.717, 1.165) is 11.8 Å². The fourth-order valence-corrected chi connectivity index (χ4v) is 2.75. The standard InChI is InChI=1S/C20H16N4O4/c21-19(27)18(26)14(10-12-6-2-1-3-7-12)24-20(28)16-15(25)11-23-17(16)13-8-4-5-9-22-13/h1-9,11,14H,10H2,(H2,21,27)(H,24,28). The summed E-state index contributed by atoms with van der Waals surface area (Å²) in [6.07, 6.45) is 2.57. The largest absolute Gasteiger partial charge is 0.363 e. The van der Waals surface area contributed by atoms with Gasteiger partial charge in [-0.1, -0.05) is 36.4 Å². The van der Waals surface area contributed by atoms with Gasteiger partial charge >= 0.3 is 0 Å². The molecule has 0 spiro atoms. The summed E-state index contributed by atoms with van der Waals surface area (Å²) in [5.74, 6) is -3.56. The smallest absolute Gasteiger partial charge is 0.287 e. The van der Waals surface area contributed by atoms with E-state index in [-0.39, 0.29) is 17.7 Å². The number of hydrogen-bond acceptors (Lipinski definition) is 6. The second-order valence-corrected chi connectivity index (χ2v) is 6.01. The predicted molar refractivity (Wildman–Crippen MR) is 101 cm³/mol. The van der Waals surface area contributed by atoms with Crippen molar-refractivity contribution in [1.82, 2.24) is 10.3 Å². The summed E-state index contributed by atoms with van der Waals surface area (Å²) in [7, 11) is 0. The lowest BCUT2D eigenvalue weighted by molar-refractivity contribution is -0.138. The van der Waals surface area contributed by atoms with Crippen LogP contribution in [0.4, 0.5) is 0 Å². The SMILES string of the molecule is NC(=O)C(=O)C(Cc1ccccc1)NC(=O)C1=C(c2ccccn2)N=CC1=O. The number of nitrogens with zero attached hydrogens (tertiary/aromatic N) is 2. The number of aliphatic imine (C=N–C) groups is 1. The third kappa shape index (κ3) is 4.07. The van der Waals surface area contributed by atoms with Crippen molar-refractivity contribution >= 4 is 35.3 Å². The van der Waals surface area contributed by atoms with Crippen molar-refractivity contribution in [2.45, 2.75) is 12.5 Å². The van der Waals surface area contributed by atoms with E-state index in [1.165, 1.54) is 6.20 Å². The second kappa shape index (κ2) is 8.17. The molecule has 0 fully saturated rings. The molecular formula is C20H16N4O4. The molecule has 0 saturated carbocycles. The van der Waals surface area contributed by atoms with Gasteiger partial charge in [0, 0.05) is 12.6 Å². The monoisotopic (exact) mass is 376 g/mol. The number of Topliss-reactive ketones (excluding diaryl/α,β-unsaturated/α-hetero) is 2. The highest BCUT2D eigenvalue weighted by molar-refractivity contribution is 6.49. The van der Waals surface area contributed by atoms with Gasteiger partial charge < -0.3 is 11.1 Å².